The second-order valence-electron chi connectivity index (χ2n) is 6.86. The molecule has 6 nitrogen and oxygen atoms in total. The molecule has 1 aliphatic rings. The van der Waals surface area contributed by atoms with E-state index in [0.29, 0.717) is 25.4 Å². The minimum absolute atomic E-state index is 0.0116. The number of ether oxygens (including phenoxy) is 2. The van der Waals surface area contributed by atoms with E-state index in [1.54, 1.807) is 23.1 Å². The molecule has 2 heterocycles. The van der Waals surface area contributed by atoms with Gasteiger partial charge in [-0.25, -0.2) is 4.98 Å². The molecule has 1 aromatic heterocycles. The summed E-state index contributed by atoms with van der Waals surface area (Å²) in [5.41, 5.74) is 1.08. The number of para-hydroxylation sites is 1. The number of aromatic nitrogens is 1. The zero-order valence-electron chi connectivity index (χ0n) is 17.2. The minimum Gasteiger partial charge on any atom is -0.494 e. The third kappa shape index (κ3) is 4.65. The van der Waals surface area contributed by atoms with E-state index >= 15 is 0 Å². The van der Waals surface area contributed by atoms with Gasteiger partial charge >= 0.3 is 0 Å². The first kappa shape index (κ1) is 20.8. The summed E-state index contributed by atoms with van der Waals surface area (Å²) in [7, 11) is 0. The highest BCUT2D eigenvalue weighted by Gasteiger charge is 2.23. The lowest BCUT2D eigenvalue weighted by Gasteiger charge is -2.34. The summed E-state index contributed by atoms with van der Waals surface area (Å²) in [6, 6.07) is 13.7. The highest BCUT2D eigenvalue weighted by Crippen LogP contribution is 2.34. The summed E-state index contributed by atoms with van der Waals surface area (Å²) in [5.74, 6) is 1.48. The average molecular weight is 444 g/mol. The Labute approximate surface area is 184 Å². The highest BCUT2D eigenvalue weighted by molar-refractivity contribution is 7.98. The predicted octanol–water partition coefficient (Wildman–Crippen LogP) is 4.14. The molecule has 0 unspecified atom stereocenters. The molecule has 1 saturated heterocycles. The number of thioether (sulfide) groups is 1. The van der Waals surface area contributed by atoms with Gasteiger partial charge in [-0.05, 0) is 49.6 Å². The fourth-order valence-electron chi connectivity index (χ4n) is 3.39. The number of hydrogen-bond donors (Lipinski definition) is 0. The van der Waals surface area contributed by atoms with Crippen molar-refractivity contribution in [2.75, 3.05) is 50.5 Å². The van der Waals surface area contributed by atoms with E-state index in [-0.39, 0.29) is 12.5 Å². The number of carbonyl (C=O) groups excluding carboxylic acids is 1. The van der Waals surface area contributed by atoms with Gasteiger partial charge in [-0.1, -0.05) is 17.4 Å². The van der Waals surface area contributed by atoms with Crippen LogP contribution in [0.3, 0.4) is 0 Å². The number of rotatable bonds is 7. The van der Waals surface area contributed by atoms with Gasteiger partial charge in [-0.3, -0.25) is 4.79 Å². The maximum Gasteiger partial charge on any atom is 0.260 e. The molecule has 4 rings (SSSR count). The summed E-state index contributed by atoms with van der Waals surface area (Å²) in [5, 5.41) is 1.03. The number of thiazole rings is 1. The largest absolute Gasteiger partial charge is 0.494 e. The van der Waals surface area contributed by atoms with Crippen LogP contribution in [0.4, 0.5) is 5.13 Å². The van der Waals surface area contributed by atoms with Crippen molar-refractivity contribution in [1.29, 1.82) is 0 Å². The van der Waals surface area contributed by atoms with Crippen LogP contribution in [0.5, 0.6) is 11.5 Å². The molecule has 0 bridgehead atoms. The second kappa shape index (κ2) is 9.57. The van der Waals surface area contributed by atoms with Crippen molar-refractivity contribution in [2.45, 2.75) is 11.8 Å². The molecule has 0 aliphatic carbocycles. The van der Waals surface area contributed by atoms with Crippen molar-refractivity contribution in [2.24, 2.45) is 0 Å². The zero-order chi connectivity index (χ0) is 20.9. The van der Waals surface area contributed by atoms with E-state index in [1.807, 2.05) is 36.1 Å². The number of amides is 1. The van der Waals surface area contributed by atoms with Gasteiger partial charge in [0.2, 0.25) is 0 Å². The Kier molecular flexibility index (Phi) is 6.64. The van der Waals surface area contributed by atoms with Gasteiger partial charge in [0.15, 0.2) is 11.7 Å². The van der Waals surface area contributed by atoms with Crippen LogP contribution in [-0.2, 0) is 4.79 Å². The molecule has 3 aromatic rings. The molecule has 1 amide bonds. The van der Waals surface area contributed by atoms with Crippen LogP contribution in [0.25, 0.3) is 10.2 Å². The molecular weight excluding hydrogens is 418 g/mol. The minimum atomic E-state index is 0.0116. The van der Waals surface area contributed by atoms with Gasteiger partial charge in [0.05, 0.1) is 16.8 Å². The first-order valence-corrected chi connectivity index (χ1v) is 12.0. The fourth-order valence-corrected chi connectivity index (χ4v) is 5.07. The lowest BCUT2D eigenvalue weighted by atomic mass is 10.3. The summed E-state index contributed by atoms with van der Waals surface area (Å²) < 4.78 is 12.3. The maximum absolute atomic E-state index is 12.6. The van der Waals surface area contributed by atoms with Gasteiger partial charge in [0.25, 0.3) is 5.91 Å². The Morgan fingerprint density at radius 1 is 1.07 bits per heavy atom. The normalized spacial score (nSPS) is 14.2. The summed E-state index contributed by atoms with van der Waals surface area (Å²) in [4.78, 5) is 22.7. The quantitative estimate of drug-likeness (QED) is 0.512. The SMILES string of the molecule is CCOc1ccc(OCC(=O)N2CCN(c3nc4c(SC)cccc4s3)CC2)cc1. The van der Waals surface area contributed by atoms with Crippen molar-refractivity contribution < 1.29 is 14.3 Å². The molecule has 0 radical (unpaired) electrons. The Morgan fingerprint density at radius 3 is 2.43 bits per heavy atom. The van der Waals surface area contributed by atoms with E-state index in [4.69, 9.17) is 14.5 Å². The van der Waals surface area contributed by atoms with Crippen molar-refractivity contribution in [3.8, 4) is 11.5 Å². The van der Waals surface area contributed by atoms with Crippen LogP contribution in [-0.4, -0.2) is 61.4 Å². The van der Waals surface area contributed by atoms with E-state index in [2.05, 4.69) is 29.4 Å². The number of benzene rings is 2. The number of anilines is 1. The Bertz CT molecular complexity index is 999. The smallest absolute Gasteiger partial charge is 0.260 e. The molecular formula is C22H25N3O3S2. The molecule has 0 atom stereocenters. The summed E-state index contributed by atoms with van der Waals surface area (Å²) in [6.07, 6.45) is 2.08. The first-order valence-electron chi connectivity index (χ1n) is 10.00. The van der Waals surface area contributed by atoms with Gasteiger partial charge in [0.1, 0.15) is 11.5 Å². The second-order valence-corrected chi connectivity index (χ2v) is 8.72. The molecule has 2 aromatic carbocycles. The monoisotopic (exact) mass is 443 g/mol. The Balaban J connectivity index is 1.30. The number of fused-ring (bicyclic) bond motifs is 1. The molecule has 0 N–H and O–H groups in total. The third-order valence-corrected chi connectivity index (χ3v) is 6.84. The van der Waals surface area contributed by atoms with Gasteiger partial charge in [0, 0.05) is 31.1 Å². The number of piperazine rings is 1. The lowest BCUT2D eigenvalue weighted by Crippen LogP contribution is -2.50. The lowest BCUT2D eigenvalue weighted by molar-refractivity contribution is -0.133. The Morgan fingerprint density at radius 2 is 1.77 bits per heavy atom. The van der Waals surface area contributed by atoms with E-state index < -0.39 is 0 Å². The molecule has 30 heavy (non-hydrogen) atoms. The van der Waals surface area contributed by atoms with Crippen molar-refractivity contribution >= 4 is 44.4 Å². The van der Waals surface area contributed by atoms with Crippen molar-refractivity contribution in [3.05, 3.63) is 42.5 Å². The van der Waals surface area contributed by atoms with Crippen LogP contribution in [0.2, 0.25) is 0 Å². The van der Waals surface area contributed by atoms with E-state index in [1.165, 1.54) is 9.60 Å². The molecule has 0 spiro atoms. The van der Waals surface area contributed by atoms with Crippen molar-refractivity contribution in [3.63, 3.8) is 0 Å². The van der Waals surface area contributed by atoms with Gasteiger partial charge < -0.3 is 19.3 Å². The van der Waals surface area contributed by atoms with Crippen LogP contribution >= 0.6 is 23.1 Å². The average Bonchev–Trinajstić information content (AvgIpc) is 3.23. The standard InChI is InChI=1S/C22H25N3O3S2/c1-3-27-16-7-9-17(10-8-16)28-15-20(26)24-11-13-25(14-12-24)22-23-21-18(29-2)5-4-6-19(21)30-22/h4-10H,3,11-15H2,1-2H3. The highest BCUT2D eigenvalue weighted by atomic mass is 32.2. The maximum atomic E-state index is 12.6. The van der Waals surface area contributed by atoms with Gasteiger partial charge in [-0.15, -0.1) is 11.8 Å². The predicted molar refractivity (Wildman–Crippen MR) is 123 cm³/mol. The van der Waals surface area contributed by atoms with Crippen LogP contribution in [0.15, 0.2) is 47.4 Å². The summed E-state index contributed by atoms with van der Waals surface area (Å²) >= 11 is 3.44. The third-order valence-electron chi connectivity index (χ3n) is 4.99. The van der Waals surface area contributed by atoms with Crippen LogP contribution in [0.1, 0.15) is 6.92 Å². The topological polar surface area (TPSA) is 54.9 Å². The van der Waals surface area contributed by atoms with E-state index in [0.717, 1.165) is 29.5 Å². The zero-order valence-corrected chi connectivity index (χ0v) is 18.8. The van der Waals surface area contributed by atoms with Crippen LogP contribution in [0, 0.1) is 0 Å². The number of hydrogen-bond acceptors (Lipinski definition) is 7. The molecule has 158 valence electrons. The first-order chi connectivity index (χ1) is 14.7. The number of carbonyl (C=O) groups is 1. The van der Waals surface area contributed by atoms with Crippen molar-refractivity contribution in [1.82, 2.24) is 9.88 Å². The van der Waals surface area contributed by atoms with Crippen LogP contribution < -0.4 is 14.4 Å². The molecule has 8 heteroatoms. The van der Waals surface area contributed by atoms with E-state index in [9.17, 15) is 4.79 Å². The van der Waals surface area contributed by atoms with Gasteiger partial charge in [-0.2, -0.15) is 0 Å². The molecule has 0 saturated carbocycles. The summed E-state index contributed by atoms with van der Waals surface area (Å²) in [6.45, 7) is 5.54. The Hall–Kier alpha value is -2.45. The molecule has 1 aliphatic heterocycles. The number of nitrogens with zero attached hydrogens (tertiary/aromatic N) is 3. The fraction of sp³-hybridized carbons (Fsp3) is 0.364. The molecule has 1 fully saturated rings.